The molecule has 2 aromatic carbocycles. The van der Waals surface area contributed by atoms with Crippen LogP contribution in [0.1, 0.15) is 21.5 Å². The van der Waals surface area contributed by atoms with Crippen LogP contribution in [0.15, 0.2) is 42.5 Å². The summed E-state index contributed by atoms with van der Waals surface area (Å²) in [7, 11) is 0. The highest BCUT2D eigenvalue weighted by Crippen LogP contribution is 2.12. The molecule has 3 nitrogen and oxygen atoms in total. The van der Waals surface area contributed by atoms with Gasteiger partial charge in [-0.2, -0.15) is 0 Å². The third kappa shape index (κ3) is 3.10. The molecule has 3 N–H and O–H groups in total. The molecule has 0 aromatic heterocycles. The summed E-state index contributed by atoms with van der Waals surface area (Å²) in [5, 5.41) is 2.69. The van der Waals surface area contributed by atoms with Crippen LogP contribution < -0.4 is 11.1 Å². The second kappa shape index (κ2) is 5.52. The maximum absolute atomic E-state index is 13.5. The van der Waals surface area contributed by atoms with Crippen molar-refractivity contribution in [2.45, 2.75) is 13.5 Å². The Bertz CT molecular complexity index is 611. The van der Waals surface area contributed by atoms with Crippen LogP contribution in [0.3, 0.4) is 0 Å². The summed E-state index contributed by atoms with van der Waals surface area (Å²) in [4.78, 5) is 11.9. The van der Waals surface area contributed by atoms with Gasteiger partial charge in [0.05, 0.1) is 5.56 Å². The Morgan fingerprint density at radius 2 is 2.00 bits per heavy atom. The predicted octanol–water partition coefficient (Wildman–Crippen LogP) is 2.65. The molecule has 0 heterocycles. The molecule has 0 aliphatic heterocycles. The zero-order valence-electron chi connectivity index (χ0n) is 10.6. The molecule has 0 spiro atoms. The molecule has 2 aromatic rings. The average Bonchev–Trinajstić information content (AvgIpc) is 2.40. The molecule has 98 valence electrons. The molecule has 4 heteroatoms. The third-order valence-electron chi connectivity index (χ3n) is 2.94. The molecule has 1 amide bonds. The number of hydrogen-bond donors (Lipinski definition) is 2. The molecular weight excluding hydrogens is 243 g/mol. The van der Waals surface area contributed by atoms with Crippen LogP contribution in [-0.4, -0.2) is 5.91 Å². The molecule has 0 bridgehead atoms. The maximum atomic E-state index is 13.5. The Morgan fingerprint density at radius 3 is 2.74 bits per heavy atom. The summed E-state index contributed by atoms with van der Waals surface area (Å²) in [6.45, 7) is 2.32. The fourth-order valence-electron chi connectivity index (χ4n) is 1.80. The molecule has 0 fully saturated rings. The molecule has 2 rings (SSSR count). The first-order valence-electron chi connectivity index (χ1n) is 5.95. The standard InChI is InChI=1S/C15H15FN2O/c1-10-4-2-3-5-11(10)9-18-15(19)13-8-12(17)6-7-14(13)16/h2-8H,9,17H2,1H3,(H,18,19). The molecule has 0 unspecified atom stereocenters. The van der Waals surface area contributed by atoms with E-state index in [2.05, 4.69) is 5.32 Å². The monoisotopic (exact) mass is 258 g/mol. The van der Waals surface area contributed by atoms with Crippen molar-refractivity contribution in [2.75, 3.05) is 5.73 Å². The molecule has 19 heavy (non-hydrogen) atoms. The maximum Gasteiger partial charge on any atom is 0.254 e. The van der Waals surface area contributed by atoms with Crippen molar-refractivity contribution in [1.82, 2.24) is 5.32 Å². The van der Waals surface area contributed by atoms with Gasteiger partial charge in [0.2, 0.25) is 0 Å². The molecule has 0 saturated heterocycles. The highest BCUT2D eigenvalue weighted by molar-refractivity contribution is 5.95. The van der Waals surface area contributed by atoms with Crippen molar-refractivity contribution in [3.05, 3.63) is 65.0 Å². The van der Waals surface area contributed by atoms with E-state index >= 15 is 0 Å². The van der Waals surface area contributed by atoms with Crippen molar-refractivity contribution < 1.29 is 9.18 Å². The summed E-state index contributed by atoms with van der Waals surface area (Å²) < 4.78 is 13.5. The second-order valence-corrected chi connectivity index (χ2v) is 4.35. The fraction of sp³-hybridized carbons (Fsp3) is 0.133. The van der Waals surface area contributed by atoms with Gasteiger partial charge in [0.15, 0.2) is 0 Å². The highest BCUT2D eigenvalue weighted by Gasteiger charge is 2.11. The smallest absolute Gasteiger partial charge is 0.254 e. The molecule has 0 aliphatic carbocycles. The van der Waals surface area contributed by atoms with Gasteiger partial charge in [-0.1, -0.05) is 24.3 Å². The molecule has 0 atom stereocenters. The van der Waals surface area contributed by atoms with Gasteiger partial charge in [-0.3, -0.25) is 4.79 Å². The SMILES string of the molecule is Cc1ccccc1CNC(=O)c1cc(N)ccc1F. The van der Waals surface area contributed by atoms with E-state index in [1.807, 2.05) is 31.2 Å². The number of carbonyl (C=O) groups is 1. The average molecular weight is 258 g/mol. The summed E-state index contributed by atoms with van der Waals surface area (Å²) >= 11 is 0. The minimum Gasteiger partial charge on any atom is -0.399 e. The van der Waals surface area contributed by atoms with E-state index < -0.39 is 11.7 Å². The van der Waals surface area contributed by atoms with Crippen molar-refractivity contribution in [1.29, 1.82) is 0 Å². The van der Waals surface area contributed by atoms with E-state index in [1.54, 1.807) is 0 Å². The number of anilines is 1. The van der Waals surface area contributed by atoms with E-state index in [9.17, 15) is 9.18 Å². The van der Waals surface area contributed by atoms with Crippen LogP contribution in [0.4, 0.5) is 10.1 Å². The van der Waals surface area contributed by atoms with Gasteiger partial charge in [0, 0.05) is 12.2 Å². The van der Waals surface area contributed by atoms with Gasteiger partial charge in [-0.15, -0.1) is 0 Å². The van der Waals surface area contributed by atoms with Crippen LogP contribution in [0, 0.1) is 12.7 Å². The molecule has 0 radical (unpaired) electrons. The van der Waals surface area contributed by atoms with Crippen molar-refractivity contribution >= 4 is 11.6 Å². The number of benzene rings is 2. The van der Waals surface area contributed by atoms with E-state index in [-0.39, 0.29) is 5.56 Å². The third-order valence-corrected chi connectivity index (χ3v) is 2.94. The molecule has 0 saturated carbocycles. The number of hydrogen-bond acceptors (Lipinski definition) is 2. The van der Waals surface area contributed by atoms with Gasteiger partial charge < -0.3 is 11.1 Å². The van der Waals surface area contributed by atoms with Crippen LogP contribution >= 0.6 is 0 Å². The van der Waals surface area contributed by atoms with E-state index in [1.165, 1.54) is 18.2 Å². The van der Waals surface area contributed by atoms with Gasteiger partial charge in [0.1, 0.15) is 5.82 Å². The number of nitrogens with two attached hydrogens (primary N) is 1. The topological polar surface area (TPSA) is 55.1 Å². The number of halogens is 1. The predicted molar refractivity (Wildman–Crippen MR) is 73.2 cm³/mol. The first-order chi connectivity index (χ1) is 9.08. The number of aryl methyl sites for hydroxylation is 1. The number of nitrogen functional groups attached to an aromatic ring is 1. The zero-order chi connectivity index (χ0) is 13.8. The van der Waals surface area contributed by atoms with Crippen molar-refractivity contribution in [3.63, 3.8) is 0 Å². The second-order valence-electron chi connectivity index (χ2n) is 4.35. The molecule has 0 aliphatic rings. The number of rotatable bonds is 3. The van der Waals surface area contributed by atoms with Crippen molar-refractivity contribution in [2.24, 2.45) is 0 Å². The van der Waals surface area contributed by atoms with Gasteiger partial charge in [-0.05, 0) is 36.2 Å². The fourth-order valence-corrected chi connectivity index (χ4v) is 1.80. The Morgan fingerprint density at radius 1 is 1.26 bits per heavy atom. The zero-order valence-corrected chi connectivity index (χ0v) is 10.6. The van der Waals surface area contributed by atoms with Crippen LogP contribution in [0.2, 0.25) is 0 Å². The lowest BCUT2D eigenvalue weighted by atomic mass is 10.1. The van der Waals surface area contributed by atoms with Gasteiger partial charge in [0.25, 0.3) is 5.91 Å². The van der Waals surface area contributed by atoms with Gasteiger partial charge in [-0.25, -0.2) is 4.39 Å². The lowest BCUT2D eigenvalue weighted by molar-refractivity contribution is 0.0947. The van der Waals surface area contributed by atoms with Crippen LogP contribution in [0.25, 0.3) is 0 Å². The van der Waals surface area contributed by atoms with Gasteiger partial charge >= 0.3 is 0 Å². The number of carbonyl (C=O) groups excluding carboxylic acids is 1. The lowest BCUT2D eigenvalue weighted by Gasteiger charge is -2.09. The number of amides is 1. The summed E-state index contributed by atoms with van der Waals surface area (Å²) in [5.41, 5.74) is 7.96. The lowest BCUT2D eigenvalue weighted by Crippen LogP contribution is -2.24. The minimum absolute atomic E-state index is 0.0337. The Labute approximate surface area is 111 Å². The van der Waals surface area contributed by atoms with E-state index in [0.29, 0.717) is 12.2 Å². The molecular formula is C15H15FN2O. The highest BCUT2D eigenvalue weighted by atomic mass is 19.1. The summed E-state index contributed by atoms with van der Waals surface area (Å²) in [6.07, 6.45) is 0. The van der Waals surface area contributed by atoms with Crippen LogP contribution in [0.5, 0.6) is 0 Å². The summed E-state index contributed by atoms with van der Waals surface area (Å²) in [5.74, 6) is -1.04. The first kappa shape index (κ1) is 13.1. The Hall–Kier alpha value is -2.36. The van der Waals surface area contributed by atoms with E-state index in [4.69, 9.17) is 5.73 Å². The largest absolute Gasteiger partial charge is 0.399 e. The quantitative estimate of drug-likeness (QED) is 0.831. The van der Waals surface area contributed by atoms with Crippen LogP contribution in [-0.2, 0) is 6.54 Å². The first-order valence-corrected chi connectivity index (χ1v) is 5.95. The normalized spacial score (nSPS) is 10.2. The van der Waals surface area contributed by atoms with E-state index in [0.717, 1.165) is 11.1 Å². The Kier molecular flexibility index (Phi) is 3.80. The minimum atomic E-state index is -0.573. The van der Waals surface area contributed by atoms with Crippen molar-refractivity contribution in [3.8, 4) is 0 Å². The Balaban J connectivity index is 2.10. The summed E-state index contributed by atoms with van der Waals surface area (Å²) in [6, 6.07) is 11.7. The number of nitrogens with one attached hydrogen (secondary N) is 1.